The average molecular weight is 431 g/mol. The second-order valence-corrected chi connectivity index (χ2v) is 9.68. The van der Waals surface area contributed by atoms with Crippen LogP contribution in [0.5, 0.6) is 0 Å². The van der Waals surface area contributed by atoms with Gasteiger partial charge in [-0.15, -0.1) is 0 Å². The van der Waals surface area contributed by atoms with Crippen LogP contribution >= 0.6 is 0 Å². The van der Waals surface area contributed by atoms with Crippen molar-refractivity contribution in [3.05, 3.63) is 60.7 Å². The van der Waals surface area contributed by atoms with Crippen molar-refractivity contribution in [1.82, 2.24) is 0 Å². The zero-order chi connectivity index (χ0) is 21.9. The molecule has 4 nitrogen and oxygen atoms in total. The summed E-state index contributed by atoms with van der Waals surface area (Å²) in [5.74, 6) is 0.165. The number of benzene rings is 2. The van der Waals surface area contributed by atoms with Gasteiger partial charge >= 0.3 is 0 Å². The molecule has 0 bridgehead atoms. The molecule has 0 spiro atoms. The van der Waals surface area contributed by atoms with E-state index in [0.717, 1.165) is 37.1 Å². The van der Waals surface area contributed by atoms with Crippen molar-refractivity contribution in [3.63, 3.8) is 0 Å². The second kappa shape index (κ2) is 9.48. The molecule has 5 rings (SSSR count). The molecule has 0 aromatic heterocycles. The van der Waals surface area contributed by atoms with Gasteiger partial charge in [0.2, 0.25) is 0 Å². The van der Waals surface area contributed by atoms with Crippen LogP contribution in [0.1, 0.15) is 64.2 Å². The summed E-state index contributed by atoms with van der Waals surface area (Å²) in [5.41, 5.74) is 2.02. The minimum absolute atomic E-state index is 0.0823. The van der Waals surface area contributed by atoms with Crippen LogP contribution in [0.2, 0.25) is 0 Å². The van der Waals surface area contributed by atoms with Crippen molar-refractivity contribution in [2.24, 2.45) is 0 Å². The topological polar surface area (TPSA) is 40.6 Å². The predicted molar refractivity (Wildman–Crippen MR) is 129 cm³/mol. The van der Waals surface area contributed by atoms with Gasteiger partial charge in [0.15, 0.2) is 23.7 Å². The Labute approximate surface area is 191 Å². The quantitative estimate of drug-likeness (QED) is 0.563. The van der Waals surface area contributed by atoms with Crippen LogP contribution in [0.25, 0.3) is 0 Å². The monoisotopic (exact) mass is 430 g/mol. The van der Waals surface area contributed by atoms with Crippen LogP contribution in [0.3, 0.4) is 0 Å². The van der Waals surface area contributed by atoms with Crippen molar-refractivity contribution in [2.75, 3.05) is 9.80 Å². The first-order chi connectivity index (χ1) is 15.8. The van der Waals surface area contributed by atoms with Gasteiger partial charge in [0, 0.05) is 23.5 Å². The van der Waals surface area contributed by atoms with E-state index in [9.17, 15) is 9.59 Å². The Balaban J connectivity index is 1.45. The highest BCUT2D eigenvalue weighted by Crippen LogP contribution is 2.38. The third kappa shape index (κ3) is 3.96. The first-order valence-electron chi connectivity index (χ1n) is 12.5. The normalized spacial score (nSPS) is 24.8. The largest absolute Gasteiger partial charge is 0.352 e. The van der Waals surface area contributed by atoms with Gasteiger partial charge in [-0.2, -0.15) is 0 Å². The van der Waals surface area contributed by atoms with E-state index < -0.39 is 12.1 Å². The van der Waals surface area contributed by atoms with Crippen LogP contribution in [-0.2, 0) is 9.59 Å². The Morgan fingerprint density at radius 1 is 0.500 bits per heavy atom. The van der Waals surface area contributed by atoms with E-state index >= 15 is 0 Å². The number of para-hydroxylation sites is 2. The SMILES string of the molecule is O=C1C(N(c2ccccc2)C2CCCCC2)C(=O)C1N(c1ccccc1)C1CCCCC1. The summed E-state index contributed by atoms with van der Waals surface area (Å²) in [4.78, 5) is 31.9. The molecule has 0 unspecified atom stereocenters. The number of rotatable bonds is 6. The zero-order valence-corrected chi connectivity index (χ0v) is 18.9. The fourth-order valence-corrected chi connectivity index (χ4v) is 6.09. The highest BCUT2D eigenvalue weighted by molar-refractivity contribution is 6.33. The van der Waals surface area contributed by atoms with Crippen LogP contribution in [0.4, 0.5) is 11.4 Å². The summed E-state index contributed by atoms with van der Waals surface area (Å²) in [7, 11) is 0. The maximum atomic E-state index is 13.8. The Morgan fingerprint density at radius 2 is 0.844 bits per heavy atom. The first-order valence-corrected chi connectivity index (χ1v) is 12.5. The van der Waals surface area contributed by atoms with E-state index in [1.165, 1.54) is 38.5 Å². The summed E-state index contributed by atoms with van der Waals surface area (Å²) in [6, 6.07) is 19.5. The number of carbonyl (C=O) groups is 2. The number of hydrogen-bond donors (Lipinski definition) is 0. The first kappa shape index (κ1) is 21.2. The van der Waals surface area contributed by atoms with Crippen LogP contribution in [0, 0.1) is 0 Å². The van der Waals surface area contributed by atoms with E-state index in [2.05, 4.69) is 34.1 Å². The average Bonchev–Trinajstić information content (AvgIpc) is 2.87. The molecule has 0 amide bonds. The predicted octanol–water partition coefficient (Wildman–Crippen LogP) is 5.55. The van der Waals surface area contributed by atoms with Gasteiger partial charge in [-0.1, -0.05) is 74.9 Å². The highest BCUT2D eigenvalue weighted by Gasteiger charge is 2.57. The summed E-state index contributed by atoms with van der Waals surface area (Å²) < 4.78 is 0. The Kier molecular flexibility index (Phi) is 6.29. The summed E-state index contributed by atoms with van der Waals surface area (Å²) in [6.07, 6.45) is 11.4. The van der Waals surface area contributed by atoms with Gasteiger partial charge in [-0.05, 0) is 49.9 Å². The summed E-state index contributed by atoms with van der Waals surface area (Å²) >= 11 is 0. The highest BCUT2D eigenvalue weighted by atomic mass is 16.2. The summed E-state index contributed by atoms with van der Waals surface area (Å²) in [5, 5.41) is 0. The lowest BCUT2D eigenvalue weighted by molar-refractivity contribution is -0.142. The van der Waals surface area contributed by atoms with Gasteiger partial charge in [0.1, 0.15) is 0 Å². The number of nitrogens with zero attached hydrogens (tertiary/aromatic N) is 2. The molecule has 0 heterocycles. The van der Waals surface area contributed by atoms with Gasteiger partial charge in [-0.25, -0.2) is 0 Å². The molecule has 0 aliphatic heterocycles. The molecular weight excluding hydrogens is 396 g/mol. The maximum Gasteiger partial charge on any atom is 0.193 e. The lowest BCUT2D eigenvalue weighted by Gasteiger charge is -2.51. The van der Waals surface area contributed by atoms with E-state index in [0.29, 0.717) is 0 Å². The molecule has 0 saturated heterocycles. The third-order valence-electron chi connectivity index (χ3n) is 7.68. The number of Topliss-reactive ketones (excluding diaryl/α,β-unsaturated/α-hetero) is 2. The molecule has 2 aromatic rings. The molecule has 4 heteroatoms. The molecule has 3 fully saturated rings. The van der Waals surface area contributed by atoms with Crippen molar-refractivity contribution in [1.29, 1.82) is 0 Å². The van der Waals surface area contributed by atoms with E-state index in [4.69, 9.17) is 0 Å². The zero-order valence-electron chi connectivity index (χ0n) is 18.9. The summed E-state index contributed by atoms with van der Waals surface area (Å²) in [6.45, 7) is 0. The molecule has 168 valence electrons. The minimum Gasteiger partial charge on any atom is -0.352 e. The van der Waals surface area contributed by atoms with E-state index in [-0.39, 0.29) is 23.7 Å². The molecule has 2 aromatic carbocycles. The fourth-order valence-electron chi connectivity index (χ4n) is 6.09. The van der Waals surface area contributed by atoms with Crippen molar-refractivity contribution in [3.8, 4) is 0 Å². The lowest BCUT2D eigenvalue weighted by Crippen LogP contribution is -2.73. The number of carbonyl (C=O) groups excluding carboxylic acids is 2. The Hall–Kier alpha value is -2.62. The molecular formula is C28H34N2O2. The Morgan fingerprint density at radius 3 is 1.19 bits per heavy atom. The maximum absolute atomic E-state index is 13.8. The van der Waals surface area contributed by atoms with Crippen molar-refractivity contribution in [2.45, 2.75) is 88.4 Å². The van der Waals surface area contributed by atoms with Gasteiger partial charge in [0.25, 0.3) is 0 Å². The number of anilines is 2. The fraction of sp³-hybridized carbons (Fsp3) is 0.500. The number of ketones is 2. The Bertz CT molecular complexity index is 827. The minimum atomic E-state index is -0.639. The molecule has 3 aliphatic carbocycles. The van der Waals surface area contributed by atoms with Crippen LogP contribution < -0.4 is 9.80 Å². The molecule has 0 N–H and O–H groups in total. The lowest BCUT2D eigenvalue weighted by atomic mass is 9.77. The van der Waals surface area contributed by atoms with E-state index in [1.54, 1.807) is 0 Å². The van der Waals surface area contributed by atoms with Gasteiger partial charge in [0.05, 0.1) is 0 Å². The van der Waals surface area contributed by atoms with Crippen molar-refractivity contribution < 1.29 is 9.59 Å². The molecule has 3 aliphatic rings. The standard InChI is InChI=1S/C28H34N2O2/c31-27-25(29(21-13-5-1-6-14-21)22-15-7-2-8-16-22)28(32)26(27)30(23-17-9-3-10-18-23)24-19-11-4-12-20-24/h1,3,5-6,9-10,13-14,17-18,22,24-26H,2,4,7-8,11-12,15-16,19-20H2. The molecule has 0 radical (unpaired) electrons. The number of hydrogen-bond acceptors (Lipinski definition) is 4. The van der Waals surface area contributed by atoms with Crippen LogP contribution in [-0.4, -0.2) is 35.7 Å². The molecule has 32 heavy (non-hydrogen) atoms. The van der Waals surface area contributed by atoms with Crippen molar-refractivity contribution >= 4 is 22.9 Å². The van der Waals surface area contributed by atoms with E-state index in [1.807, 2.05) is 36.4 Å². The van der Waals surface area contributed by atoms with Gasteiger partial charge in [-0.3, -0.25) is 9.59 Å². The molecule has 3 saturated carbocycles. The molecule has 0 atom stereocenters. The smallest absolute Gasteiger partial charge is 0.193 e. The third-order valence-corrected chi connectivity index (χ3v) is 7.68. The second-order valence-electron chi connectivity index (χ2n) is 9.68. The van der Waals surface area contributed by atoms with Crippen LogP contribution in [0.15, 0.2) is 60.7 Å². The van der Waals surface area contributed by atoms with Gasteiger partial charge < -0.3 is 9.80 Å².